The molecule has 42 heavy (non-hydrogen) atoms. The van der Waals surface area contributed by atoms with E-state index in [0.29, 0.717) is 48.9 Å². The molecule has 2 heterocycles. The number of carbonyl (C=O) groups is 2. The van der Waals surface area contributed by atoms with Gasteiger partial charge in [0.25, 0.3) is 5.91 Å². The van der Waals surface area contributed by atoms with Crippen molar-refractivity contribution in [3.63, 3.8) is 0 Å². The van der Waals surface area contributed by atoms with Gasteiger partial charge in [0.05, 0.1) is 19.9 Å². The van der Waals surface area contributed by atoms with E-state index in [-0.39, 0.29) is 30.7 Å². The molecular weight excluding hydrogens is 537 g/mol. The number of piperazine rings is 1. The molecule has 0 radical (unpaired) electrons. The minimum absolute atomic E-state index is 0.0784. The average molecular weight is 570 g/mol. The first-order chi connectivity index (χ1) is 20.4. The quantitative estimate of drug-likeness (QED) is 0.297. The molecule has 0 aliphatic carbocycles. The number of anilines is 1. The van der Waals surface area contributed by atoms with Crippen molar-refractivity contribution < 1.29 is 23.5 Å². The Kier molecular flexibility index (Phi) is 8.91. The number of nitrogens with zero attached hydrogens (tertiary/aromatic N) is 5. The Morgan fingerprint density at radius 1 is 0.833 bits per heavy atom. The van der Waals surface area contributed by atoms with Crippen LogP contribution in [-0.2, 0) is 11.3 Å². The van der Waals surface area contributed by atoms with Crippen molar-refractivity contribution in [2.45, 2.75) is 6.54 Å². The van der Waals surface area contributed by atoms with Gasteiger partial charge in [-0.3, -0.25) is 9.59 Å². The van der Waals surface area contributed by atoms with E-state index in [1.807, 2.05) is 36.4 Å². The summed E-state index contributed by atoms with van der Waals surface area (Å²) in [5.74, 6) is 1.23. The first-order valence-electron chi connectivity index (χ1n) is 13.6. The van der Waals surface area contributed by atoms with Crippen LogP contribution in [0.1, 0.15) is 15.9 Å². The number of carbonyl (C=O) groups excluding carboxylic acids is 2. The number of hydrogen-bond donors (Lipinski definition) is 0. The normalized spacial score (nSPS) is 13.0. The molecule has 5 rings (SSSR count). The Labute approximate surface area is 244 Å². The first kappa shape index (κ1) is 28.5. The standard InChI is InChI=1S/C32H32FN5O4/c1-41-28-14-10-25(20-29(28)42-2)27-13-15-30(35-34-27)36-16-18-37(19-17-36)31(39)22-38(21-23-8-11-26(33)12-9-23)32(40)24-6-4-3-5-7-24/h3-15,20H,16-19,21-22H2,1-2H3. The highest BCUT2D eigenvalue weighted by atomic mass is 19.1. The van der Waals surface area contributed by atoms with Crippen LogP contribution in [0.25, 0.3) is 11.3 Å². The van der Waals surface area contributed by atoms with Crippen molar-refractivity contribution in [1.82, 2.24) is 20.0 Å². The number of rotatable bonds is 9. The summed E-state index contributed by atoms with van der Waals surface area (Å²) in [6, 6.07) is 24.2. The predicted molar refractivity (Wildman–Crippen MR) is 157 cm³/mol. The molecule has 1 fully saturated rings. The number of halogens is 1. The number of ether oxygens (including phenoxy) is 2. The van der Waals surface area contributed by atoms with Crippen LogP contribution in [0, 0.1) is 5.82 Å². The van der Waals surface area contributed by atoms with Crippen LogP contribution in [-0.4, -0.2) is 78.8 Å². The number of hydrogen-bond acceptors (Lipinski definition) is 7. The molecule has 216 valence electrons. The van der Waals surface area contributed by atoms with Gasteiger partial charge < -0.3 is 24.2 Å². The van der Waals surface area contributed by atoms with Crippen molar-refractivity contribution in [1.29, 1.82) is 0 Å². The molecule has 1 aromatic heterocycles. The third-order valence-corrected chi connectivity index (χ3v) is 7.21. The lowest BCUT2D eigenvalue weighted by atomic mass is 10.1. The summed E-state index contributed by atoms with van der Waals surface area (Å²) in [6.07, 6.45) is 0. The van der Waals surface area contributed by atoms with Crippen molar-refractivity contribution in [3.8, 4) is 22.8 Å². The van der Waals surface area contributed by atoms with Gasteiger partial charge in [-0.2, -0.15) is 0 Å². The number of benzene rings is 3. The van der Waals surface area contributed by atoms with Crippen molar-refractivity contribution in [2.75, 3.05) is 51.8 Å². The minimum Gasteiger partial charge on any atom is -0.493 e. The Morgan fingerprint density at radius 2 is 1.55 bits per heavy atom. The van der Waals surface area contributed by atoms with E-state index < -0.39 is 0 Å². The Balaban J connectivity index is 1.21. The van der Waals surface area contributed by atoms with Gasteiger partial charge in [-0.1, -0.05) is 30.3 Å². The molecule has 0 atom stereocenters. The molecular formula is C32H32FN5O4. The van der Waals surface area contributed by atoms with E-state index in [9.17, 15) is 14.0 Å². The van der Waals surface area contributed by atoms with Crippen molar-refractivity contribution in [2.24, 2.45) is 0 Å². The SMILES string of the molecule is COc1ccc(-c2ccc(N3CCN(C(=O)CN(Cc4ccc(F)cc4)C(=O)c4ccccc4)CC3)nn2)cc1OC. The average Bonchev–Trinajstić information content (AvgIpc) is 3.05. The zero-order chi connectivity index (χ0) is 29.5. The van der Waals surface area contributed by atoms with Crippen LogP contribution in [0.15, 0.2) is 84.9 Å². The summed E-state index contributed by atoms with van der Waals surface area (Å²) in [5, 5.41) is 8.83. The molecule has 0 N–H and O–H groups in total. The lowest BCUT2D eigenvalue weighted by Crippen LogP contribution is -2.52. The highest BCUT2D eigenvalue weighted by molar-refractivity contribution is 5.96. The summed E-state index contributed by atoms with van der Waals surface area (Å²) < 4.78 is 24.1. The van der Waals surface area contributed by atoms with Gasteiger partial charge in [0, 0.05) is 43.9 Å². The zero-order valence-electron chi connectivity index (χ0n) is 23.6. The molecule has 1 aliphatic rings. The summed E-state index contributed by atoms with van der Waals surface area (Å²) in [6.45, 7) is 2.26. The van der Waals surface area contributed by atoms with Crippen molar-refractivity contribution in [3.05, 3.63) is 102 Å². The fourth-order valence-corrected chi connectivity index (χ4v) is 4.86. The second-order valence-corrected chi connectivity index (χ2v) is 9.87. The van der Waals surface area contributed by atoms with Gasteiger partial charge in [0.2, 0.25) is 5.91 Å². The largest absolute Gasteiger partial charge is 0.493 e. The maximum absolute atomic E-state index is 13.4. The molecule has 0 spiro atoms. The molecule has 1 saturated heterocycles. The summed E-state index contributed by atoms with van der Waals surface area (Å²) in [7, 11) is 3.18. The molecule has 0 saturated carbocycles. The number of amides is 2. The highest BCUT2D eigenvalue weighted by Crippen LogP contribution is 2.31. The zero-order valence-corrected chi connectivity index (χ0v) is 23.6. The number of methoxy groups -OCH3 is 2. The van der Waals surface area contributed by atoms with E-state index in [0.717, 1.165) is 16.9 Å². The van der Waals surface area contributed by atoms with E-state index in [4.69, 9.17) is 9.47 Å². The molecule has 0 bridgehead atoms. The van der Waals surface area contributed by atoms with Crippen LogP contribution in [0.2, 0.25) is 0 Å². The van der Waals surface area contributed by atoms with Gasteiger partial charge in [0.15, 0.2) is 17.3 Å². The first-order valence-corrected chi connectivity index (χ1v) is 13.6. The smallest absolute Gasteiger partial charge is 0.254 e. The summed E-state index contributed by atoms with van der Waals surface area (Å²) in [5.41, 5.74) is 2.80. The van der Waals surface area contributed by atoms with Gasteiger partial charge in [0.1, 0.15) is 12.4 Å². The van der Waals surface area contributed by atoms with Crippen LogP contribution in [0.3, 0.4) is 0 Å². The van der Waals surface area contributed by atoms with E-state index in [1.165, 1.54) is 17.0 Å². The van der Waals surface area contributed by atoms with Crippen LogP contribution < -0.4 is 14.4 Å². The van der Waals surface area contributed by atoms with Crippen LogP contribution in [0.4, 0.5) is 10.2 Å². The minimum atomic E-state index is -0.353. The fraction of sp³-hybridized carbons (Fsp3) is 0.250. The monoisotopic (exact) mass is 569 g/mol. The molecule has 0 unspecified atom stereocenters. The van der Waals surface area contributed by atoms with Crippen LogP contribution in [0.5, 0.6) is 11.5 Å². The maximum atomic E-state index is 13.4. The van der Waals surface area contributed by atoms with Gasteiger partial charge in [-0.05, 0) is 60.2 Å². The Hall–Kier alpha value is -4.99. The van der Waals surface area contributed by atoms with E-state index >= 15 is 0 Å². The summed E-state index contributed by atoms with van der Waals surface area (Å²) >= 11 is 0. The van der Waals surface area contributed by atoms with E-state index in [2.05, 4.69) is 15.1 Å². The molecule has 10 heteroatoms. The van der Waals surface area contributed by atoms with Gasteiger partial charge in [-0.15, -0.1) is 10.2 Å². The topological polar surface area (TPSA) is 88.1 Å². The molecule has 1 aliphatic heterocycles. The number of aromatic nitrogens is 2. The van der Waals surface area contributed by atoms with Gasteiger partial charge in [-0.25, -0.2) is 4.39 Å². The van der Waals surface area contributed by atoms with Crippen molar-refractivity contribution >= 4 is 17.6 Å². The second kappa shape index (κ2) is 13.1. The molecule has 4 aromatic rings. The lowest BCUT2D eigenvalue weighted by molar-refractivity contribution is -0.132. The molecule has 3 aromatic carbocycles. The third kappa shape index (κ3) is 6.65. The summed E-state index contributed by atoms with van der Waals surface area (Å²) in [4.78, 5) is 32.0. The molecule has 9 nitrogen and oxygen atoms in total. The Morgan fingerprint density at radius 3 is 2.19 bits per heavy atom. The maximum Gasteiger partial charge on any atom is 0.254 e. The second-order valence-electron chi connectivity index (χ2n) is 9.87. The van der Waals surface area contributed by atoms with E-state index in [1.54, 1.807) is 55.5 Å². The van der Waals surface area contributed by atoms with Gasteiger partial charge >= 0.3 is 0 Å². The Bertz CT molecular complexity index is 1510. The fourth-order valence-electron chi connectivity index (χ4n) is 4.86. The lowest BCUT2D eigenvalue weighted by Gasteiger charge is -2.36. The molecule has 2 amide bonds. The van der Waals surface area contributed by atoms with Crippen LogP contribution >= 0.6 is 0 Å². The highest BCUT2D eigenvalue weighted by Gasteiger charge is 2.26. The third-order valence-electron chi connectivity index (χ3n) is 7.21. The predicted octanol–water partition coefficient (Wildman–Crippen LogP) is 4.29.